The number of ether oxygens (including phenoxy) is 1. The van der Waals surface area contributed by atoms with Gasteiger partial charge in [0.1, 0.15) is 5.82 Å². The highest BCUT2D eigenvalue weighted by Gasteiger charge is 2.33. The van der Waals surface area contributed by atoms with E-state index in [2.05, 4.69) is 5.32 Å². The summed E-state index contributed by atoms with van der Waals surface area (Å²) in [5.41, 5.74) is -1.08. The maximum absolute atomic E-state index is 13.8. The van der Waals surface area contributed by atoms with Crippen LogP contribution < -0.4 is 5.32 Å². The number of hydrogen-bond donors (Lipinski definition) is 1. The van der Waals surface area contributed by atoms with Gasteiger partial charge in [-0.1, -0.05) is 11.6 Å². The molecule has 1 fully saturated rings. The summed E-state index contributed by atoms with van der Waals surface area (Å²) in [4.78, 5) is 0. The Morgan fingerprint density at radius 2 is 2.00 bits per heavy atom. The van der Waals surface area contributed by atoms with Crippen molar-refractivity contribution in [1.82, 2.24) is 5.32 Å². The number of alkyl halides is 3. The van der Waals surface area contributed by atoms with Crippen molar-refractivity contribution in [3.63, 3.8) is 0 Å². The van der Waals surface area contributed by atoms with Crippen molar-refractivity contribution >= 4 is 24.0 Å². The molecule has 2 rings (SSSR count). The highest BCUT2D eigenvalue weighted by atomic mass is 35.5. The van der Waals surface area contributed by atoms with Gasteiger partial charge in [-0.15, -0.1) is 12.4 Å². The Kier molecular flexibility index (Phi) is 5.43. The van der Waals surface area contributed by atoms with Crippen LogP contribution in [0.15, 0.2) is 12.1 Å². The van der Waals surface area contributed by atoms with Crippen LogP contribution in [0.3, 0.4) is 0 Å². The first-order valence-electron chi connectivity index (χ1n) is 5.27. The molecule has 1 aliphatic heterocycles. The lowest BCUT2D eigenvalue weighted by Gasteiger charge is -2.25. The molecular formula is C11H11Cl2F4NO. The predicted octanol–water partition coefficient (Wildman–Crippen LogP) is 3.58. The second-order valence-corrected chi connectivity index (χ2v) is 4.35. The zero-order valence-electron chi connectivity index (χ0n) is 9.56. The van der Waals surface area contributed by atoms with Crippen molar-refractivity contribution in [3.8, 4) is 0 Å². The van der Waals surface area contributed by atoms with Crippen molar-refractivity contribution in [2.45, 2.75) is 12.2 Å². The topological polar surface area (TPSA) is 21.3 Å². The SMILES string of the molecule is Cl.Fc1c(Cl)cc(C(F)(F)F)cc1[C@@H]1COCCN1. The van der Waals surface area contributed by atoms with Crippen molar-refractivity contribution in [2.75, 3.05) is 19.8 Å². The van der Waals surface area contributed by atoms with E-state index in [1.54, 1.807) is 0 Å². The van der Waals surface area contributed by atoms with Crippen LogP contribution in [0.5, 0.6) is 0 Å². The molecule has 0 radical (unpaired) electrons. The Morgan fingerprint density at radius 1 is 1.32 bits per heavy atom. The Bertz CT molecular complexity index is 447. The molecule has 108 valence electrons. The molecule has 1 aromatic rings. The molecule has 0 aromatic heterocycles. The molecular weight excluding hydrogens is 309 g/mol. The van der Waals surface area contributed by atoms with E-state index in [1.165, 1.54) is 0 Å². The van der Waals surface area contributed by atoms with E-state index in [0.717, 1.165) is 6.07 Å². The molecule has 0 amide bonds. The van der Waals surface area contributed by atoms with E-state index >= 15 is 0 Å². The van der Waals surface area contributed by atoms with E-state index in [1.807, 2.05) is 0 Å². The van der Waals surface area contributed by atoms with E-state index in [0.29, 0.717) is 19.2 Å². The molecule has 1 atom stereocenters. The molecule has 8 heteroatoms. The lowest BCUT2D eigenvalue weighted by molar-refractivity contribution is -0.137. The van der Waals surface area contributed by atoms with E-state index in [9.17, 15) is 17.6 Å². The predicted molar refractivity (Wildman–Crippen MR) is 65.2 cm³/mol. The number of benzene rings is 1. The second-order valence-electron chi connectivity index (χ2n) is 3.94. The number of rotatable bonds is 1. The fourth-order valence-electron chi connectivity index (χ4n) is 1.79. The van der Waals surface area contributed by atoms with E-state index in [4.69, 9.17) is 16.3 Å². The highest BCUT2D eigenvalue weighted by molar-refractivity contribution is 6.30. The van der Waals surface area contributed by atoms with Crippen LogP contribution in [-0.4, -0.2) is 19.8 Å². The summed E-state index contributed by atoms with van der Waals surface area (Å²) in [6.07, 6.45) is -4.55. The zero-order valence-corrected chi connectivity index (χ0v) is 11.1. The summed E-state index contributed by atoms with van der Waals surface area (Å²) in [5, 5.41) is 2.36. The minimum atomic E-state index is -4.55. The van der Waals surface area contributed by atoms with Gasteiger partial charge >= 0.3 is 6.18 Å². The van der Waals surface area contributed by atoms with Gasteiger partial charge in [0.25, 0.3) is 0 Å². The van der Waals surface area contributed by atoms with Crippen molar-refractivity contribution in [2.24, 2.45) is 0 Å². The van der Waals surface area contributed by atoms with Gasteiger partial charge in [-0.3, -0.25) is 0 Å². The minimum Gasteiger partial charge on any atom is -0.378 e. The van der Waals surface area contributed by atoms with Crippen LogP contribution in [0, 0.1) is 5.82 Å². The standard InChI is InChI=1S/C11H10ClF4NO.ClH/c12-8-4-6(11(14,15)16)3-7(10(8)13)9-5-18-2-1-17-9;/h3-4,9,17H,1-2,5H2;1H/t9-;/m0./s1. The molecule has 0 aliphatic carbocycles. The van der Waals surface area contributed by atoms with Gasteiger partial charge in [0.2, 0.25) is 0 Å². The van der Waals surface area contributed by atoms with Crippen LogP contribution in [0.4, 0.5) is 17.6 Å². The van der Waals surface area contributed by atoms with Gasteiger partial charge in [0.05, 0.1) is 29.8 Å². The molecule has 19 heavy (non-hydrogen) atoms. The first-order valence-corrected chi connectivity index (χ1v) is 5.64. The minimum absolute atomic E-state index is 0. The lowest BCUT2D eigenvalue weighted by atomic mass is 10.0. The van der Waals surface area contributed by atoms with Gasteiger partial charge in [0, 0.05) is 12.1 Å². The maximum atomic E-state index is 13.8. The Hall–Kier alpha value is -0.560. The summed E-state index contributed by atoms with van der Waals surface area (Å²) in [6.45, 7) is 1.03. The average Bonchev–Trinajstić information content (AvgIpc) is 2.32. The first kappa shape index (κ1) is 16.5. The fourth-order valence-corrected chi connectivity index (χ4v) is 2.02. The van der Waals surface area contributed by atoms with Crippen molar-refractivity contribution in [1.29, 1.82) is 0 Å². The summed E-state index contributed by atoms with van der Waals surface area (Å²) in [5.74, 6) is -0.840. The van der Waals surface area contributed by atoms with Gasteiger partial charge < -0.3 is 10.1 Å². The van der Waals surface area contributed by atoms with Gasteiger partial charge in [0.15, 0.2) is 0 Å². The van der Waals surface area contributed by atoms with Gasteiger partial charge in [-0.05, 0) is 12.1 Å². The average molecular weight is 320 g/mol. The smallest absolute Gasteiger partial charge is 0.378 e. The second kappa shape index (κ2) is 6.26. The summed E-state index contributed by atoms with van der Waals surface area (Å²) < 4.78 is 56.7. The van der Waals surface area contributed by atoms with Gasteiger partial charge in [-0.2, -0.15) is 13.2 Å². The molecule has 1 heterocycles. The molecule has 1 saturated heterocycles. The molecule has 2 nitrogen and oxygen atoms in total. The van der Waals surface area contributed by atoms with Crippen LogP contribution in [-0.2, 0) is 10.9 Å². The Morgan fingerprint density at radius 3 is 2.53 bits per heavy atom. The van der Waals surface area contributed by atoms with Crippen LogP contribution >= 0.6 is 24.0 Å². The molecule has 0 saturated carbocycles. The maximum Gasteiger partial charge on any atom is 0.416 e. The third kappa shape index (κ3) is 3.72. The molecule has 1 N–H and O–H groups in total. The molecule has 0 spiro atoms. The molecule has 0 bridgehead atoms. The number of nitrogens with one attached hydrogen (secondary N) is 1. The zero-order chi connectivity index (χ0) is 13.3. The Labute approximate surface area is 118 Å². The third-order valence-corrected chi connectivity index (χ3v) is 2.96. The van der Waals surface area contributed by atoms with Crippen molar-refractivity contribution < 1.29 is 22.3 Å². The largest absolute Gasteiger partial charge is 0.416 e. The first-order chi connectivity index (χ1) is 8.39. The van der Waals surface area contributed by atoms with Gasteiger partial charge in [-0.25, -0.2) is 4.39 Å². The summed E-state index contributed by atoms with van der Waals surface area (Å²) in [6, 6.07) is 0.746. The third-order valence-electron chi connectivity index (χ3n) is 2.68. The molecule has 1 aliphatic rings. The van der Waals surface area contributed by atoms with Crippen LogP contribution in [0.2, 0.25) is 5.02 Å². The number of morpholine rings is 1. The monoisotopic (exact) mass is 319 g/mol. The highest BCUT2D eigenvalue weighted by Crippen LogP contribution is 2.35. The quantitative estimate of drug-likeness (QED) is 0.799. The number of halogens is 6. The Balaban J connectivity index is 0.00000180. The van der Waals surface area contributed by atoms with E-state index < -0.39 is 28.6 Å². The summed E-state index contributed by atoms with van der Waals surface area (Å²) in [7, 11) is 0. The number of hydrogen-bond acceptors (Lipinski definition) is 2. The van der Waals surface area contributed by atoms with Crippen LogP contribution in [0.25, 0.3) is 0 Å². The van der Waals surface area contributed by atoms with Crippen molar-refractivity contribution in [3.05, 3.63) is 34.1 Å². The van der Waals surface area contributed by atoms with Crippen LogP contribution in [0.1, 0.15) is 17.2 Å². The molecule has 0 unspecified atom stereocenters. The van der Waals surface area contributed by atoms with E-state index in [-0.39, 0.29) is 24.6 Å². The molecule has 1 aromatic carbocycles. The normalized spacial score (nSPS) is 19.9. The summed E-state index contributed by atoms with van der Waals surface area (Å²) >= 11 is 5.50. The lowest BCUT2D eigenvalue weighted by Crippen LogP contribution is -2.35. The fraction of sp³-hybridized carbons (Fsp3) is 0.455.